The van der Waals surface area contributed by atoms with Gasteiger partial charge in [-0.15, -0.1) is 0 Å². The lowest BCUT2D eigenvalue weighted by atomic mass is 10.1. The second-order valence-electron chi connectivity index (χ2n) is 6.66. The SMILES string of the molecule is Cc1ccnc(N2CCN(C(=O)OC(C)(C)C)C[C@H]2C)c1. The Bertz CT molecular complexity index is 510. The fourth-order valence-corrected chi connectivity index (χ4v) is 2.47. The number of aryl methyl sites for hydroxylation is 1. The van der Waals surface area contributed by atoms with E-state index in [1.165, 1.54) is 5.56 Å². The lowest BCUT2D eigenvalue weighted by Crippen LogP contribution is -2.54. The van der Waals surface area contributed by atoms with E-state index in [1.54, 1.807) is 4.90 Å². The van der Waals surface area contributed by atoms with E-state index < -0.39 is 5.60 Å². The Morgan fingerprint density at radius 2 is 2.10 bits per heavy atom. The average Bonchev–Trinajstić information content (AvgIpc) is 2.36. The molecule has 0 saturated carbocycles. The van der Waals surface area contributed by atoms with E-state index >= 15 is 0 Å². The summed E-state index contributed by atoms with van der Waals surface area (Å²) in [7, 11) is 0. The number of ether oxygens (including phenoxy) is 1. The highest BCUT2D eigenvalue weighted by Crippen LogP contribution is 2.20. The lowest BCUT2D eigenvalue weighted by molar-refractivity contribution is 0.0218. The Labute approximate surface area is 126 Å². The van der Waals surface area contributed by atoms with Gasteiger partial charge in [0.25, 0.3) is 0 Å². The number of anilines is 1. The van der Waals surface area contributed by atoms with Crippen LogP contribution in [0.4, 0.5) is 10.6 Å². The number of rotatable bonds is 1. The summed E-state index contributed by atoms with van der Waals surface area (Å²) < 4.78 is 5.44. The number of hydrogen-bond acceptors (Lipinski definition) is 4. The van der Waals surface area contributed by atoms with E-state index in [-0.39, 0.29) is 12.1 Å². The molecule has 0 N–H and O–H groups in total. The predicted octanol–water partition coefficient (Wildman–Crippen LogP) is 2.84. The Morgan fingerprint density at radius 3 is 2.67 bits per heavy atom. The van der Waals surface area contributed by atoms with E-state index in [0.717, 1.165) is 12.4 Å². The predicted molar refractivity (Wildman–Crippen MR) is 83.6 cm³/mol. The molecule has 2 heterocycles. The van der Waals surface area contributed by atoms with Crippen LogP contribution in [0.15, 0.2) is 18.3 Å². The van der Waals surface area contributed by atoms with E-state index in [9.17, 15) is 4.79 Å². The first-order valence-electron chi connectivity index (χ1n) is 7.43. The first-order chi connectivity index (χ1) is 9.76. The minimum atomic E-state index is -0.449. The average molecular weight is 291 g/mol. The summed E-state index contributed by atoms with van der Waals surface area (Å²) in [4.78, 5) is 20.6. The molecule has 1 aliphatic heterocycles. The maximum atomic E-state index is 12.1. The van der Waals surface area contributed by atoms with E-state index in [2.05, 4.69) is 29.8 Å². The summed E-state index contributed by atoms with van der Waals surface area (Å²) in [6, 6.07) is 4.30. The first kappa shape index (κ1) is 15.6. The van der Waals surface area contributed by atoms with Crippen molar-refractivity contribution in [1.82, 2.24) is 9.88 Å². The highest BCUT2D eigenvalue weighted by molar-refractivity contribution is 5.68. The molecule has 0 aliphatic carbocycles. The normalized spacial score (nSPS) is 19.6. The van der Waals surface area contributed by atoms with Crippen molar-refractivity contribution in [2.75, 3.05) is 24.5 Å². The zero-order valence-corrected chi connectivity index (χ0v) is 13.6. The molecular formula is C16H25N3O2. The second-order valence-corrected chi connectivity index (χ2v) is 6.66. The molecule has 1 saturated heterocycles. The monoisotopic (exact) mass is 291 g/mol. The van der Waals surface area contributed by atoms with Gasteiger partial charge < -0.3 is 14.5 Å². The number of piperazine rings is 1. The van der Waals surface area contributed by atoms with Crippen molar-refractivity contribution in [2.24, 2.45) is 0 Å². The van der Waals surface area contributed by atoms with Gasteiger partial charge in [0.2, 0.25) is 0 Å². The molecule has 0 radical (unpaired) electrons. The fraction of sp³-hybridized carbons (Fsp3) is 0.625. The van der Waals surface area contributed by atoms with Gasteiger partial charge in [0.05, 0.1) is 0 Å². The van der Waals surface area contributed by atoms with Crippen molar-refractivity contribution in [1.29, 1.82) is 0 Å². The van der Waals surface area contributed by atoms with E-state index in [4.69, 9.17) is 4.74 Å². The van der Waals surface area contributed by atoms with Gasteiger partial charge in [-0.1, -0.05) is 0 Å². The van der Waals surface area contributed by atoms with Crippen LogP contribution in [0.5, 0.6) is 0 Å². The van der Waals surface area contributed by atoms with E-state index in [0.29, 0.717) is 13.1 Å². The van der Waals surface area contributed by atoms with Gasteiger partial charge in [-0.05, 0) is 52.3 Å². The molecule has 5 heteroatoms. The van der Waals surface area contributed by atoms with Crippen molar-refractivity contribution in [3.8, 4) is 0 Å². The van der Waals surface area contributed by atoms with Crippen molar-refractivity contribution in [2.45, 2.75) is 46.3 Å². The number of hydrogen-bond donors (Lipinski definition) is 0. The molecule has 0 spiro atoms. The minimum Gasteiger partial charge on any atom is -0.444 e. The van der Waals surface area contributed by atoms with Crippen LogP contribution in [-0.2, 0) is 4.74 Å². The maximum Gasteiger partial charge on any atom is 0.410 e. The van der Waals surface area contributed by atoms with Crippen LogP contribution in [-0.4, -0.2) is 47.3 Å². The number of carbonyl (C=O) groups is 1. The van der Waals surface area contributed by atoms with Crippen LogP contribution < -0.4 is 4.90 Å². The van der Waals surface area contributed by atoms with Crippen molar-refractivity contribution in [3.05, 3.63) is 23.9 Å². The van der Waals surface area contributed by atoms with Gasteiger partial charge in [0.15, 0.2) is 0 Å². The van der Waals surface area contributed by atoms with Crippen LogP contribution in [0.1, 0.15) is 33.3 Å². The van der Waals surface area contributed by atoms with Gasteiger partial charge in [-0.25, -0.2) is 9.78 Å². The summed E-state index contributed by atoms with van der Waals surface area (Å²) in [5, 5.41) is 0. The summed E-state index contributed by atoms with van der Waals surface area (Å²) >= 11 is 0. The van der Waals surface area contributed by atoms with Crippen molar-refractivity contribution >= 4 is 11.9 Å². The van der Waals surface area contributed by atoms with Crippen LogP contribution in [0.25, 0.3) is 0 Å². The van der Waals surface area contributed by atoms with Crippen LogP contribution in [0, 0.1) is 6.92 Å². The summed E-state index contributed by atoms with van der Waals surface area (Å²) in [6.45, 7) is 11.9. The van der Waals surface area contributed by atoms with Gasteiger partial charge in [0.1, 0.15) is 11.4 Å². The first-order valence-corrected chi connectivity index (χ1v) is 7.43. The van der Waals surface area contributed by atoms with Crippen LogP contribution >= 0.6 is 0 Å². The number of amides is 1. The number of aromatic nitrogens is 1. The smallest absolute Gasteiger partial charge is 0.410 e. The molecule has 21 heavy (non-hydrogen) atoms. The Morgan fingerprint density at radius 1 is 1.38 bits per heavy atom. The zero-order chi connectivity index (χ0) is 15.6. The Kier molecular flexibility index (Phi) is 4.40. The molecule has 1 amide bonds. The highest BCUT2D eigenvalue weighted by atomic mass is 16.6. The van der Waals surface area contributed by atoms with Gasteiger partial charge in [-0.3, -0.25) is 0 Å². The number of nitrogens with zero attached hydrogens (tertiary/aromatic N) is 3. The summed E-state index contributed by atoms with van der Waals surface area (Å²) in [5.41, 5.74) is 0.747. The molecule has 1 aliphatic rings. The van der Waals surface area contributed by atoms with Gasteiger partial charge >= 0.3 is 6.09 Å². The third-order valence-electron chi connectivity index (χ3n) is 3.47. The molecule has 1 atom stereocenters. The number of pyridine rings is 1. The molecule has 5 nitrogen and oxygen atoms in total. The Balaban J connectivity index is 2.01. The second kappa shape index (κ2) is 5.92. The van der Waals surface area contributed by atoms with Crippen LogP contribution in [0.3, 0.4) is 0 Å². The molecule has 1 aromatic heterocycles. The topological polar surface area (TPSA) is 45.7 Å². The molecular weight excluding hydrogens is 266 g/mol. The summed E-state index contributed by atoms with van der Waals surface area (Å²) in [5.74, 6) is 0.978. The molecule has 1 aromatic rings. The summed E-state index contributed by atoms with van der Waals surface area (Å²) in [6.07, 6.45) is 1.60. The molecule has 1 fully saturated rings. The largest absolute Gasteiger partial charge is 0.444 e. The van der Waals surface area contributed by atoms with Crippen LogP contribution in [0.2, 0.25) is 0 Å². The lowest BCUT2D eigenvalue weighted by Gasteiger charge is -2.40. The molecule has 116 valence electrons. The van der Waals surface area contributed by atoms with Crippen molar-refractivity contribution in [3.63, 3.8) is 0 Å². The van der Waals surface area contributed by atoms with Crippen molar-refractivity contribution < 1.29 is 9.53 Å². The van der Waals surface area contributed by atoms with Gasteiger partial charge in [-0.2, -0.15) is 0 Å². The molecule has 2 rings (SSSR count). The van der Waals surface area contributed by atoms with E-state index in [1.807, 2.05) is 33.0 Å². The number of carbonyl (C=O) groups excluding carboxylic acids is 1. The molecule has 0 aromatic carbocycles. The van der Waals surface area contributed by atoms with Gasteiger partial charge in [0, 0.05) is 31.9 Å². The highest BCUT2D eigenvalue weighted by Gasteiger charge is 2.30. The molecule has 0 bridgehead atoms. The third-order valence-corrected chi connectivity index (χ3v) is 3.47. The fourth-order valence-electron chi connectivity index (χ4n) is 2.47. The molecule has 0 unspecified atom stereocenters. The standard InChI is InChI=1S/C16H25N3O2/c1-12-6-7-17-14(10-12)19-9-8-18(11-13(19)2)15(20)21-16(3,4)5/h6-7,10,13H,8-9,11H2,1-5H3/t13-/m1/s1. The third kappa shape index (κ3) is 4.09. The minimum absolute atomic E-state index is 0.223. The maximum absolute atomic E-state index is 12.1. The Hall–Kier alpha value is -1.78. The zero-order valence-electron chi connectivity index (χ0n) is 13.6. The quantitative estimate of drug-likeness (QED) is 0.798.